The van der Waals surface area contributed by atoms with E-state index in [0.717, 1.165) is 5.56 Å². The Hall–Kier alpha value is -2.15. The number of nitrogens with zero attached hydrogens (tertiary/aromatic N) is 4. The number of nitrogens with one attached hydrogen (secondary N) is 1. The van der Waals surface area contributed by atoms with Crippen LogP contribution in [0.2, 0.25) is 0 Å². The molecule has 0 radical (unpaired) electrons. The maximum atomic E-state index is 12.3. The molecule has 128 valence electrons. The highest BCUT2D eigenvalue weighted by molar-refractivity contribution is 8.00. The fourth-order valence-electron chi connectivity index (χ4n) is 2.06. The lowest BCUT2D eigenvalue weighted by molar-refractivity contribution is -0.121. The first kappa shape index (κ1) is 18.2. The Labute approximate surface area is 146 Å². The molecule has 0 spiro atoms. The van der Waals surface area contributed by atoms with Crippen molar-refractivity contribution in [2.75, 3.05) is 0 Å². The number of hydrogen-bond donors (Lipinski definition) is 1. The molecule has 0 unspecified atom stereocenters. The van der Waals surface area contributed by atoms with Crippen LogP contribution in [0, 0.1) is 0 Å². The van der Waals surface area contributed by atoms with Crippen molar-refractivity contribution in [1.29, 1.82) is 0 Å². The lowest BCUT2D eigenvalue weighted by Crippen LogP contribution is -2.44. The highest BCUT2D eigenvalue weighted by atomic mass is 32.2. The van der Waals surface area contributed by atoms with Crippen molar-refractivity contribution in [3.63, 3.8) is 0 Å². The zero-order valence-corrected chi connectivity index (χ0v) is 15.3. The summed E-state index contributed by atoms with van der Waals surface area (Å²) in [6.45, 7) is 12.1. The summed E-state index contributed by atoms with van der Waals surface area (Å²) in [5, 5.41) is 11.9. The summed E-state index contributed by atoms with van der Waals surface area (Å²) < 4.78 is 1.94. The monoisotopic (exact) mass is 345 g/mol. The highest BCUT2D eigenvalue weighted by Gasteiger charge is 2.23. The van der Waals surface area contributed by atoms with Crippen LogP contribution in [0.25, 0.3) is 11.4 Å². The van der Waals surface area contributed by atoms with E-state index in [9.17, 15) is 4.79 Å². The van der Waals surface area contributed by atoms with Gasteiger partial charge in [-0.05, 0) is 39.8 Å². The number of carbonyl (C=O) groups is 1. The maximum Gasteiger partial charge on any atom is 0.233 e. The second-order valence-electron chi connectivity index (χ2n) is 6.45. The highest BCUT2D eigenvalue weighted by Crippen LogP contribution is 2.26. The van der Waals surface area contributed by atoms with E-state index < -0.39 is 0 Å². The van der Waals surface area contributed by atoms with Crippen LogP contribution in [-0.4, -0.2) is 36.4 Å². The minimum atomic E-state index is -0.279. The van der Waals surface area contributed by atoms with Gasteiger partial charge in [0.05, 0.1) is 5.25 Å². The third kappa shape index (κ3) is 4.67. The number of amides is 1. The van der Waals surface area contributed by atoms with Crippen LogP contribution in [0.3, 0.4) is 0 Å². The summed E-state index contributed by atoms with van der Waals surface area (Å²) in [4.78, 5) is 16.4. The van der Waals surface area contributed by atoms with Crippen molar-refractivity contribution in [3.05, 3.63) is 37.2 Å². The van der Waals surface area contributed by atoms with Crippen molar-refractivity contribution in [2.45, 2.75) is 50.2 Å². The predicted molar refractivity (Wildman–Crippen MR) is 96.7 cm³/mol. The van der Waals surface area contributed by atoms with Gasteiger partial charge in [0, 0.05) is 30.0 Å². The second-order valence-corrected chi connectivity index (χ2v) is 7.75. The molecule has 1 N–H and O–H groups in total. The molecule has 0 aliphatic heterocycles. The Morgan fingerprint density at radius 2 is 2.21 bits per heavy atom. The molecule has 0 saturated carbocycles. The van der Waals surface area contributed by atoms with Gasteiger partial charge in [-0.1, -0.05) is 17.8 Å². The number of aromatic nitrogens is 4. The third-order valence-corrected chi connectivity index (χ3v) is 4.18. The van der Waals surface area contributed by atoms with E-state index in [1.54, 1.807) is 18.5 Å². The molecule has 1 atom stereocenters. The fourth-order valence-corrected chi connectivity index (χ4v) is 2.92. The SMILES string of the molecule is C=CCn1c(S[C@H](C)C(=O)NC(C)(C)C)nnc1-c1cccnc1. The number of rotatable bonds is 6. The topological polar surface area (TPSA) is 72.7 Å². The van der Waals surface area contributed by atoms with E-state index in [2.05, 4.69) is 27.1 Å². The molecule has 1 amide bonds. The molecule has 24 heavy (non-hydrogen) atoms. The zero-order chi connectivity index (χ0) is 17.7. The summed E-state index contributed by atoms with van der Waals surface area (Å²) in [7, 11) is 0. The van der Waals surface area contributed by atoms with E-state index in [1.165, 1.54) is 11.8 Å². The van der Waals surface area contributed by atoms with E-state index in [1.807, 2.05) is 44.4 Å². The average Bonchev–Trinajstić information content (AvgIpc) is 2.90. The van der Waals surface area contributed by atoms with Gasteiger partial charge >= 0.3 is 0 Å². The number of thioether (sulfide) groups is 1. The lowest BCUT2D eigenvalue weighted by Gasteiger charge is -2.22. The van der Waals surface area contributed by atoms with Crippen LogP contribution in [0.1, 0.15) is 27.7 Å². The van der Waals surface area contributed by atoms with Crippen LogP contribution in [0.4, 0.5) is 0 Å². The molecule has 0 aromatic carbocycles. The average molecular weight is 345 g/mol. The molecular formula is C17H23N5OS. The van der Waals surface area contributed by atoms with E-state index in [0.29, 0.717) is 17.5 Å². The van der Waals surface area contributed by atoms with Gasteiger partial charge in [-0.3, -0.25) is 14.3 Å². The molecule has 2 aromatic heterocycles. The van der Waals surface area contributed by atoms with Gasteiger partial charge in [-0.2, -0.15) is 0 Å². The van der Waals surface area contributed by atoms with Gasteiger partial charge in [0.2, 0.25) is 5.91 Å². The normalized spacial score (nSPS) is 12.7. The molecule has 2 rings (SSSR count). The molecule has 6 nitrogen and oxygen atoms in total. The minimum absolute atomic E-state index is 0.0245. The number of hydrogen-bond acceptors (Lipinski definition) is 5. The summed E-state index contributed by atoms with van der Waals surface area (Å²) in [6.07, 6.45) is 5.24. The fraction of sp³-hybridized carbons (Fsp3) is 0.412. The van der Waals surface area contributed by atoms with Gasteiger partial charge in [-0.25, -0.2) is 0 Å². The second kappa shape index (κ2) is 7.61. The van der Waals surface area contributed by atoms with E-state index in [-0.39, 0.29) is 16.7 Å². The molecule has 7 heteroatoms. The van der Waals surface area contributed by atoms with E-state index >= 15 is 0 Å². The molecule has 0 aliphatic rings. The Balaban J connectivity index is 2.23. The molecular weight excluding hydrogens is 322 g/mol. The first-order chi connectivity index (χ1) is 11.3. The molecule has 0 bridgehead atoms. The zero-order valence-electron chi connectivity index (χ0n) is 14.5. The van der Waals surface area contributed by atoms with Crippen molar-refractivity contribution < 1.29 is 4.79 Å². The van der Waals surface area contributed by atoms with Crippen LogP contribution in [0.15, 0.2) is 42.3 Å². The quantitative estimate of drug-likeness (QED) is 0.644. The first-order valence-electron chi connectivity index (χ1n) is 7.75. The van der Waals surface area contributed by atoms with Gasteiger partial charge in [0.15, 0.2) is 11.0 Å². The summed E-state index contributed by atoms with van der Waals surface area (Å²) in [5.74, 6) is 0.692. The van der Waals surface area contributed by atoms with Crippen molar-refractivity contribution in [3.8, 4) is 11.4 Å². The molecule has 0 fully saturated rings. The smallest absolute Gasteiger partial charge is 0.233 e. The third-order valence-electron chi connectivity index (χ3n) is 3.10. The summed E-state index contributed by atoms with van der Waals surface area (Å²) in [6, 6.07) is 3.79. The Kier molecular flexibility index (Phi) is 5.77. The van der Waals surface area contributed by atoms with Gasteiger partial charge in [0.25, 0.3) is 0 Å². The molecule has 2 heterocycles. The number of allylic oxidation sites excluding steroid dienone is 1. The van der Waals surface area contributed by atoms with Gasteiger partial charge in [-0.15, -0.1) is 16.8 Å². The van der Waals surface area contributed by atoms with Crippen LogP contribution in [-0.2, 0) is 11.3 Å². The summed E-state index contributed by atoms with van der Waals surface area (Å²) >= 11 is 1.38. The number of pyridine rings is 1. The summed E-state index contributed by atoms with van der Waals surface area (Å²) in [5.41, 5.74) is 0.618. The largest absolute Gasteiger partial charge is 0.351 e. The Morgan fingerprint density at radius 1 is 1.46 bits per heavy atom. The lowest BCUT2D eigenvalue weighted by atomic mass is 10.1. The standard InChI is InChI=1S/C17H23N5OS/c1-6-10-22-14(13-8-7-9-18-11-13)20-21-16(22)24-12(2)15(23)19-17(3,4)5/h6-9,11-12H,1,10H2,2-5H3,(H,19,23)/t12-/m1/s1. The van der Waals surface area contributed by atoms with Crippen LogP contribution in [0.5, 0.6) is 0 Å². The van der Waals surface area contributed by atoms with Gasteiger partial charge < -0.3 is 5.32 Å². The Bertz CT molecular complexity index is 706. The van der Waals surface area contributed by atoms with Crippen LogP contribution < -0.4 is 5.32 Å². The van der Waals surface area contributed by atoms with Crippen molar-refractivity contribution >= 4 is 17.7 Å². The number of carbonyl (C=O) groups excluding carboxylic acids is 1. The Morgan fingerprint density at radius 3 is 2.79 bits per heavy atom. The van der Waals surface area contributed by atoms with Gasteiger partial charge in [0.1, 0.15) is 0 Å². The molecule has 0 saturated heterocycles. The minimum Gasteiger partial charge on any atom is -0.351 e. The van der Waals surface area contributed by atoms with Crippen molar-refractivity contribution in [1.82, 2.24) is 25.1 Å². The maximum absolute atomic E-state index is 12.3. The van der Waals surface area contributed by atoms with E-state index in [4.69, 9.17) is 0 Å². The first-order valence-corrected chi connectivity index (χ1v) is 8.63. The van der Waals surface area contributed by atoms with Crippen LogP contribution >= 0.6 is 11.8 Å². The van der Waals surface area contributed by atoms with Crippen molar-refractivity contribution in [2.24, 2.45) is 0 Å². The predicted octanol–water partition coefficient (Wildman–Crippen LogP) is 2.92. The molecule has 2 aromatic rings. The molecule has 0 aliphatic carbocycles.